The molecule has 116 valence electrons. The number of unbranched alkanes of at least 4 members (excludes halogenated alkanes) is 1. The summed E-state index contributed by atoms with van der Waals surface area (Å²) in [5, 5.41) is 11.4. The maximum absolute atomic E-state index is 11.5. The molecule has 0 saturated heterocycles. The van der Waals surface area contributed by atoms with Gasteiger partial charge in [0.1, 0.15) is 12.1 Å². The lowest BCUT2D eigenvalue weighted by molar-refractivity contribution is 0.397. The van der Waals surface area contributed by atoms with Crippen LogP contribution in [0.1, 0.15) is 19.3 Å². The van der Waals surface area contributed by atoms with Gasteiger partial charge in [-0.15, -0.1) is 0 Å². The fourth-order valence-electron chi connectivity index (χ4n) is 1.49. The number of nitrogens with zero attached hydrogens (tertiary/aromatic N) is 3. The van der Waals surface area contributed by atoms with Gasteiger partial charge >= 0.3 is 0 Å². The molecule has 1 aromatic heterocycles. The number of hydrogen-bond donors (Lipinski definition) is 2. The molecule has 2 N–H and O–H groups in total. The molecule has 9 heteroatoms. The van der Waals surface area contributed by atoms with E-state index in [0.29, 0.717) is 37.6 Å². The second-order valence-corrected chi connectivity index (χ2v) is 6.13. The minimum Gasteiger partial charge on any atom is -0.481 e. The molecular formula is C12H19N5O3S. The molecule has 0 amide bonds. The first-order valence-electron chi connectivity index (χ1n) is 6.51. The Labute approximate surface area is 124 Å². The van der Waals surface area contributed by atoms with Crippen LogP contribution in [-0.2, 0) is 10.0 Å². The number of rotatable bonds is 10. The summed E-state index contributed by atoms with van der Waals surface area (Å²) in [5.74, 6) is 1.07. The van der Waals surface area contributed by atoms with Crippen LogP contribution < -0.4 is 14.8 Å². The Bertz CT molecular complexity index is 571. The maximum Gasteiger partial charge on any atom is 0.218 e. The smallest absolute Gasteiger partial charge is 0.218 e. The molecule has 0 radical (unpaired) electrons. The molecule has 0 aliphatic rings. The second kappa shape index (κ2) is 9.10. The number of aromatic nitrogens is 2. The van der Waals surface area contributed by atoms with Gasteiger partial charge in [-0.3, -0.25) is 0 Å². The highest BCUT2D eigenvalue weighted by Gasteiger charge is 2.08. The monoisotopic (exact) mass is 313 g/mol. The molecule has 0 bridgehead atoms. The Morgan fingerprint density at radius 2 is 2.14 bits per heavy atom. The minimum absolute atomic E-state index is 0.0168. The van der Waals surface area contributed by atoms with Crippen LogP contribution in [0.15, 0.2) is 12.4 Å². The van der Waals surface area contributed by atoms with E-state index in [1.54, 1.807) is 6.07 Å². The van der Waals surface area contributed by atoms with E-state index < -0.39 is 10.0 Å². The van der Waals surface area contributed by atoms with Crippen LogP contribution >= 0.6 is 0 Å². The van der Waals surface area contributed by atoms with E-state index in [4.69, 9.17) is 10.00 Å². The maximum atomic E-state index is 11.5. The first-order chi connectivity index (χ1) is 10.1. The van der Waals surface area contributed by atoms with Gasteiger partial charge in [0.15, 0.2) is 0 Å². The summed E-state index contributed by atoms with van der Waals surface area (Å²) in [7, 11) is -1.76. The first kappa shape index (κ1) is 17.1. The lowest BCUT2D eigenvalue weighted by Crippen LogP contribution is -2.28. The van der Waals surface area contributed by atoms with E-state index in [0.717, 1.165) is 0 Å². The van der Waals surface area contributed by atoms with E-state index in [9.17, 15) is 8.42 Å². The van der Waals surface area contributed by atoms with Crippen molar-refractivity contribution in [3.8, 4) is 11.9 Å². The summed E-state index contributed by atoms with van der Waals surface area (Å²) in [6.45, 7) is 0.908. The molecule has 1 heterocycles. The van der Waals surface area contributed by atoms with Crippen LogP contribution in [0.2, 0.25) is 0 Å². The van der Waals surface area contributed by atoms with Crippen molar-refractivity contribution in [1.29, 1.82) is 5.26 Å². The molecule has 1 rings (SSSR count). The zero-order chi connectivity index (χ0) is 15.6. The predicted octanol–water partition coefficient (Wildman–Crippen LogP) is 0.510. The van der Waals surface area contributed by atoms with Gasteiger partial charge in [-0.25, -0.2) is 23.1 Å². The van der Waals surface area contributed by atoms with E-state index in [-0.39, 0.29) is 12.2 Å². The van der Waals surface area contributed by atoms with Crippen molar-refractivity contribution in [2.75, 3.05) is 31.3 Å². The van der Waals surface area contributed by atoms with Gasteiger partial charge in [-0.05, 0) is 12.8 Å². The standard InChI is InChI=1S/C12H19N5O3S/c1-20-12-9-11(15-10-16-12)14-6-4-7-17-21(18,19)8-3-2-5-13/h9-10,17H,2-4,6-8H2,1H3,(H,14,15,16). The number of sulfonamides is 1. The molecule has 21 heavy (non-hydrogen) atoms. The van der Waals surface area contributed by atoms with E-state index >= 15 is 0 Å². The highest BCUT2D eigenvalue weighted by atomic mass is 32.2. The molecule has 0 aromatic carbocycles. The van der Waals surface area contributed by atoms with Gasteiger partial charge in [0, 0.05) is 25.6 Å². The van der Waals surface area contributed by atoms with Crippen molar-refractivity contribution in [3.63, 3.8) is 0 Å². The van der Waals surface area contributed by atoms with Gasteiger partial charge < -0.3 is 10.1 Å². The highest BCUT2D eigenvalue weighted by Crippen LogP contribution is 2.09. The molecule has 1 aromatic rings. The first-order valence-corrected chi connectivity index (χ1v) is 8.17. The van der Waals surface area contributed by atoms with Crippen LogP contribution in [0.4, 0.5) is 5.82 Å². The minimum atomic E-state index is -3.28. The molecule has 0 saturated carbocycles. The fourth-order valence-corrected chi connectivity index (χ4v) is 2.62. The topological polar surface area (TPSA) is 117 Å². The SMILES string of the molecule is COc1cc(NCCCNS(=O)(=O)CCCC#N)ncn1. The number of hydrogen-bond acceptors (Lipinski definition) is 7. The lowest BCUT2D eigenvalue weighted by atomic mass is 10.4. The van der Waals surface area contributed by atoms with Crippen LogP contribution in [0, 0.1) is 11.3 Å². The number of anilines is 1. The second-order valence-electron chi connectivity index (χ2n) is 4.20. The quantitative estimate of drug-likeness (QED) is 0.604. The highest BCUT2D eigenvalue weighted by molar-refractivity contribution is 7.89. The Kier molecular flexibility index (Phi) is 7.42. The zero-order valence-corrected chi connectivity index (χ0v) is 12.7. The zero-order valence-electron chi connectivity index (χ0n) is 11.9. The van der Waals surface area contributed by atoms with Gasteiger partial charge in [-0.1, -0.05) is 0 Å². The van der Waals surface area contributed by atoms with Crippen molar-refractivity contribution in [3.05, 3.63) is 12.4 Å². The third-order valence-corrected chi connectivity index (χ3v) is 4.00. The van der Waals surface area contributed by atoms with E-state index in [1.165, 1.54) is 13.4 Å². The van der Waals surface area contributed by atoms with Gasteiger partial charge in [0.05, 0.1) is 18.9 Å². The molecule has 0 spiro atoms. The number of methoxy groups -OCH3 is 1. The number of nitrogens with one attached hydrogen (secondary N) is 2. The van der Waals surface area contributed by atoms with Crippen molar-refractivity contribution in [2.45, 2.75) is 19.3 Å². The summed E-state index contributed by atoms with van der Waals surface area (Å²) < 4.78 is 30.5. The molecule has 0 aliphatic heterocycles. The van der Waals surface area contributed by atoms with Crippen molar-refractivity contribution < 1.29 is 13.2 Å². The lowest BCUT2D eigenvalue weighted by Gasteiger charge is -2.08. The average molecular weight is 313 g/mol. The fraction of sp³-hybridized carbons (Fsp3) is 0.583. The third kappa shape index (κ3) is 7.43. The number of nitriles is 1. The molecule has 0 fully saturated rings. The van der Waals surface area contributed by atoms with Gasteiger partial charge in [0.2, 0.25) is 15.9 Å². The van der Waals surface area contributed by atoms with Crippen molar-refractivity contribution in [2.24, 2.45) is 0 Å². The largest absolute Gasteiger partial charge is 0.481 e. The summed E-state index contributed by atoms with van der Waals surface area (Å²) in [6.07, 6.45) is 2.60. The Morgan fingerprint density at radius 1 is 1.33 bits per heavy atom. The van der Waals surface area contributed by atoms with Gasteiger partial charge in [-0.2, -0.15) is 5.26 Å². The summed E-state index contributed by atoms with van der Waals surface area (Å²) in [5.41, 5.74) is 0. The Hall–Kier alpha value is -1.92. The molecule has 0 unspecified atom stereocenters. The summed E-state index contributed by atoms with van der Waals surface area (Å²) in [4.78, 5) is 7.89. The van der Waals surface area contributed by atoms with E-state index in [1.807, 2.05) is 6.07 Å². The van der Waals surface area contributed by atoms with Gasteiger partial charge in [0.25, 0.3) is 0 Å². The average Bonchev–Trinajstić information content (AvgIpc) is 2.47. The van der Waals surface area contributed by atoms with Crippen LogP contribution in [-0.4, -0.2) is 44.3 Å². The normalized spacial score (nSPS) is 10.9. The van der Waals surface area contributed by atoms with Crippen LogP contribution in [0.3, 0.4) is 0 Å². The summed E-state index contributed by atoms with van der Waals surface area (Å²) in [6, 6.07) is 3.58. The van der Waals surface area contributed by atoms with Crippen molar-refractivity contribution in [1.82, 2.24) is 14.7 Å². The van der Waals surface area contributed by atoms with E-state index in [2.05, 4.69) is 20.0 Å². The van der Waals surface area contributed by atoms with Crippen LogP contribution in [0.25, 0.3) is 0 Å². The Balaban J connectivity index is 2.20. The Morgan fingerprint density at radius 3 is 2.86 bits per heavy atom. The molecular weight excluding hydrogens is 294 g/mol. The van der Waals surface area contributed by atoms with Crippen molar-refractivity contribution >= 4 is 15.8 Å². The molecule has 8 nitrogen and oxygen atoms in total. The third-order valence-electron chi connectivity index (χ3n) is 2.53. The molecule has 0 atom stereocenters. The summed E-state index contributed by atoms with van der Waals surface area (Å²) >= 11 is 0. The van der Waals surface area contributed by atoms with Crippen LogP contribution in [0.5, 0.6) is 5.88 Å². The number of ether oxygens (including phenoxy) is 1. The molecule has 0 aliphatic carbocycles. The predicted molar refractivity (Wildman–Crippen MR) is 78.3 cm³/mol.